The minimum atomic E-state index is -0.239. The Morgan fingerprint density at radius 1 is 1.00 bits per heavy atom. The van der Waals surface area contributed by atoms with E-state index in [1.165, 1.54) is 7.11 Å². The van der Waals surface area contributed by atoms with Crippen molar-refractivity contribution in [1.82, 2.24) is 15.1 Å². The van der Waals surface area contributed by atoms with Gasteiger partial charge in [-0.15, -0.1) is 0 Å². The van der Waals surface area contributed by atoms with E-state index in [0.29, 0.717) is 24.9 Å². The molecule has 1 aromatic heterocycles. The number of benzene rings is 2. The summed E-state index contributed by atoms with van der Waals surface area (Å²) in [6.45, 7) is 4.34. The van der Waals surface area contributed by atoms with Crippen molar-refractivity contribution in [2.75, 3.05) is 14.2 Å². The fourth-order valence-corrected chi connectivity index (χ4v) is 3.40. The Labute approximate surface area is 182 Å². The maximum Gasteiger partial charge on any atom is 0.305 e. The molecule has 0 spiro atoms. The van der Waals surface area contributed by atoms with Gasteiger partial charge < -0.3 is 14.8 Å². The second kappa shape index (κ2) is 9.93. The maximum atomic E-state index is 12.5. The van der Waals surface area contributed by atoms with E-state index in [1.807, 2.05) is 54.9 Å². The Bertz CT molecular complexity index is 1050. The number of aryl methyl sites for hydroxylation is 1. The third-order valence-corrected chi connectivity index (χ3v) is 5.23. The number of esters is 1. The quantitative estimate of drug-likeness (QED) is 0.563. The third-order valence-electron chi connectivity index (χ3n) is 5.23. The highest BCUT2D eigenvalue weighted by molar-refractivity contribution is 5.94. The Morgan fingerprint density at radius 3 is 2.29 bits per heavy atom. The van der Waals surface area contributed by atoms with Gasteiger partial charge in [0.25, 0.3) is 5.91 Å². The zero-order valence-corrected chi connectivity index (χ0v) is 18.3. The Hall–Kier alpha value is -3.61. The molecule has 1 N–H and O–H groups in total. The van der Waals surface area contributed by atoms with E-state index < -0.39 is 0 Å². The Morgan fingerprint density at radius 2 is 1.68 bits per heavy atom. The van der Waals surface area contributed by atoms with Crippen LogP contribution >= 0.6 is 0 Å². The lowest BCUT2D eigenvalue weighted by Gasteiger charge is -2.09. The number of nitrogens with zero attached hydrogens (tertiary/aromatic N) is 2. The van der Waals surface area contributed by atoms with Gasteiger partial charge in [-0.25, -0.2) is 4.68 Å². The number of ether oxygens (including phenoxy) is 2. The van der Waals surface area contributed by atoms with Gasteiger partial charge in [0.15, 0.2) is 0 Å². The van der Waals surface area contributed by atoms with E-state index in [0.717, 1.165) is 34.0 Å². The summed E-state index contributed by atoms with van der Waals surface area (Å²) in [6.07, 6.45) is 0.896. The van der Waals surface area contributed by atoms with Gasteiger partial charge in [-0.3, -0.25) is 9.59 Å². The lowest BCUT2D eigenvalue weighted by Crippen LogP contribution is -2.22. The number of carbonyl (C=O) groups excluding carboxylic acids is 2. The van der Waals surface area contributed by atoms with E-state index in [-0.39, 0.29) is 11.9 Å². The molecule has 1 heterocycles. The number of carbonyl (C=O) groups is 2. The minimum Gasteiger partial charge on any atom is -0.497 e. The van der Waals surface area contributed by atoms with Gasteiger partial charge in [0.1, 0.15) is 5.75 Å². The second-order valence-corrected chi connectivity index (χ2v) is 7.21. The zero-order valence-electron chi connectivity index (χ0n) is 18.3. The number of rotatable bonds is 8. The van der Waals surface area contributed by atoms with Crippen LogP contribution in [-0.2, 0) is 22.5 Å². The summed E-state index contributed by atoms with van der Waals surface area (Å²) in [6, 6.07) is 14.9. The zero-order chi connectivity index (χ0) is 22.4. The van der Waals surface area contributed by atoms with Crippen LogP contribution in [0.15, 0.2) is 48.5 Å². The van der Waals surface area contributed by atoms with Crippen molar-refractivity contribution in [1.29, 1.82) is 0 Å². The van der Waals surface area contributed by atoms with Crippen molar-refractivity contribution >= 4 is 11.9 Å². The Balaban J connectivity index is 1.66. The molecule has 3 rings (SSSR count). The molecule has 0 radical (unpaired) electrons. The summed E-state index contributed by atoms with van der Waals surface area (Å²) in [4.78, 5) is 24.0. The van der Waals surface area contributed by atoms with Gasteiger partial charge >= 0.3 is 5.97 Å². The molecule has 3 aromatic rings. The van der Waals surface area contributed by atoms with E-state index in [9.17, 15) is 9.59 Å². The molecule has 2 aromatic carbocycles. The van der Waals surface area contributed by atoms with Gasteiger partial charge in [0.2, 0.25) is 0 Å². The van der Waals surface area contributed by atoms with Crippen LogP contribution in [0.4, 0.5) is 0 Å². The average Bonchev–Trinajstić information content (AvgIpc) is 3.09. The van der Waals surface area contributed by atoms with E-state index in [1.54, 1.807) is 19.2 Å². The van der Waals surface area contributed by atoms with Crippen molar-refractivity contribution < 1.29 is 19.1 Å². The fourth-order valence-electron chi connectivity index (χ4n) is 3.40. The molecule has 0 aliphatic heterocycles. The molecule has 1 amide bonds. The van der Waals surface area contributed by atoms with Crippen LogP contribution < -0.4 is 10.1 Å². The Kier molecular flexibility index (Phi) is 7.07. The van der Waals surface area contributed by atoms with Gasteiger partial charge in [-0.05, 0) is 67.8 Å². The van der Waals surface area contributed by atoms with Crippen LogP contribution in [0.3, 0.4) is 0 Å². The predicted molar refractivity (Wildman–Crippen MR) is 118 cm³/mol. The molecule has 7 nitrogen and oxygen atoms in total. The second-order valence-electron chi connectivity index (χ2n) is 7.21. The van der Waals surface area contributed by atoms with Crippen LogP contribution in [0, 0.1) is 13.8 Å². The first-order valence-corrected chi connectivity index (χ1v) is 10.1. The molecular weight excluding hydrogens is 394 g/mol. The molecular formula is C24H27N3O4. The fraction of sp³-hybridized carbons (Fsp3) is 0.292. The first kappa shape index (κ1) is 22.1. The molecule has 0 atom stereocenters. The molecule has 0 fully saturated rings. The van der Waals surface area contributed by atoms with Crippen molar-refractivity contribution in [3.8, 4) is 11.4 Å². The van der Waals surface area contributed by atoms with E-state index in [4.69, 9.17) is 9.47 Å². The predicted octanol–water partition coefficient (Wildman–Crippen LogP) is 3.53. The van der Waals surface area contributed by atoms with Crippen LogP contribution in [0.2, 0.25) is 0 Å². The molecule has 7 heteroatoms. The largest absolute Gasteiger partial charge is 0.497 e. The number of hydrogen-bond donors (Lipinski definition) is 1. The highest BCUT2D eigenvalue weighted by Crippen LogP contribution is 2.20. The molecule has 31 heavy (non-hydrogen) atoms. The standard InChI is InChI=1S/C24H27N3O4/c1-16-22(13-14-23(28)31-4)17(2)27(26-16)20-9-7-19(8-10-20)24(29)25-15-18-5-11-21(30-3)12-6-18/h5-12H,13-15H2,1-4H3,(H,25,29). The monoisotopic (exact) mass is 421 g/mol. The highest BCUT2D eigenvalue weighted by atomic mass is 16.5. The molecule has 0 saturated heterocycles. The lowest BCUT2D eigenvalue weighted by molar-refractivity contribution is -0.140. The molecule has 0 aliphatic rings. The lowest BCUT2D eigenvalue weighted by atomic mass is 10.1. The van der Waals surface area contributed by atoms with Crippen LogP contribution in [0.25, 0.3) is 5.69 Å². The van der Waals surface area contributed by atoms with Crippen LogP contribution in [-0.4, -0.2) is 35.9 Å². The molecule has 162 valence electrons. The third kappa shape index (κ3) is 5.31. The van der Waals surface area contributed by atoms with Crippen molar-refractivity contribution in [3.05, 3.63) is 76.6 Å². The maximum absolute atomic E-state index is 12.5. The summed E-state index contributed by atoms with van der Waals surface area (Å²) >= 11 is 0. The number of methoxy groups -OCH3 is 2. The van der Waals surface area contributed by atoms with Gasteiger partial charge in [0.05, 0.1) is 25.6 Å². The smallest absolute Gasteiger partial charge is 0.305 e. The molecule has 0 saturated carbocycles. The molecule has 0 unspecified atom stereocenters. The van der Waals surface area contributed by atoms with Crippen LogP contribution in [0.5, 0.6) is 5.75 Å². The van der Waals surface area contributed by atoms with Gasteiger partial charge in [-0.1, -0.05) is 12.1 Å². The number of amides is 1. The number of aromatic nitrogens is 2. The van der Waals surface area contributed by atoms with E-state index in [2.05, 4.69) is 10.4 Å². The summed E-state index contributed by atoms with van der Waals surface area (Å²) in [5.41, 5.74) is 5.31. The van der Waals surface area contributed by atoms with Crippen molar-refractivity contribution in [2.45, 2.75) is 33.2 Å². The average molecular weight is 421 g/mol. The number of hydrogen-bond acceptors (Lipinski definition) is 5. The SMILES string of the molecule is COC(=O)CCc1c(C)nn(-c2ccc(C(=O)NCc3ccc(OC)cc3)cc2)c1C. The van der Waals surface area contributed by atoms with Gasteiger partial charge in [-0.2, -0.15) is 5.10 Å². The molecule has 0 bridgehead atoms. The minimum absolute atomic E-state index is 0.144. The normalized spacial score (nSPS) is 10.6. The summed E-state index contributed by atoms with van der Waals surface area (Å²) < 4.78 is 11.7. The highest BCUT2D eigenvalue weighted by Gasteiger charge is 2.15. The summed E-state index contributed by atoms with van der Waals surface area (Å²) in [5.74, 6) is 0.398. The molecule has 0 aliphatic carbocycles. The topological polar surface area (TPSA) is 82.5 Å². The van der Waals surface area contributed by atoms with Crippen molar-refractivity contribution in [3.63, 3.8) is 0 Å². The summed E-state index contributed by atoms with van der Waals surface area (Å²) in [7, 11) is 3.01. The van der Waals surface area contributed by atoms with Crippen molar-refractivity contribution in [2.24, 2.45) is 0 Å². The summed E-state index contributed by atoms with van der Waals surface area (Å²) in [5, 5.41) is 7.53. The van der Waals surface area contributed by atoms with Crippen LogP contribution in [0.1, 0.15) is 39.3 Å². The van der Waals surface area contributed by atoms with Gasteiger partial charge in [0, 0.05) is 24.2 Å². The number of nitrogens with one attached hydrogen (secondary N) is 1. The first-order valence-electron chi connectivity index (χ1n) is 10.1. The van der Waals surface area contributed by atoms with E-state index >= 15 is 0 Å². The first-order chi connectivity index (χ1) is 14.9.